The lowest BCUT2D eigenvalue weighted by Gasteiger charge is -2.14. The SMILES string of the molecule is O=C(Nc1ccc(Cl)cc1Cl)C1C=NN(c2ccccc2)C1=O. The number of halogens is 2. The zero-order chi connectivity index (χ0) is 16.4. The Kier molecular flexibility index (Phi) is 4.32. The Bertz CT molecular complexity index is 793. The van der Waals surface area contributed by atoms with Gasteiger partial charge in [-0.25, -0.2) is 5.01 Å². The van der Waals surface area contributed by atoms with Crippen molar-refractivity contribution in [3.8, 4) is 0 Å². The molecule has 1 atom stereocenters. The molecule has 1 unspecified atom stereocenters. The third-order valence-electron chi connectivity index (χ3n) is 3.28. The summed E-state index contributed by atoms with van der Waals surface area (Å²) in [7, 11) is 0. The Hall–Kier alpha value is -2.37. The Labute approximate surface area is 142 Å². The standard InChI is InChI=1S/C16H11Cl2N3O2/c17-10-6-7-14(13(18)8-10)20-15(22)12-9-19-21(16(12)23)11-4-2-1-3-5-11/h1-9,12H,(H,20,22). The van der Waals surface area contributed by atoms with E-state index in [1.165, 1.54) is 17.3 Å². The first kappa shape index (κ1) is 15.5. The molecule has 23 heavy (non-hydrogen) atoms. The maximum absolute atomic E-state index is 12.4. The Morgan fingerprint density at radius 2 is 1.87 bits per heavy atom. The van der Waals surface area contributed by atoms with Gasteiger partial charge in [0.25, 0.3) is 5.91 Å². The minimum absolute atomic E-state index is 0.299. The zero-order valence-corrected chi connectivity index (χ0v) is 13.3. The smallest absolute Gasteiger partial charge is 0.265 e. The fourth-order valence-electron chi connectivity index (χ4n) is 2.13. The predicted octanol–water partition coefficient (Wildman–Crippen LogP) is 3.58. The first-order valence-corrected chi connectivity index (χ1v) is 7.51. The zero-order valence-electron chi connectivity index (χ0n) is 11.7. The van der Waals surface area contributed by atoms with E-state index in [4.69, 9.17) is 23.2 Å². The average Bonchev–Trinajstić information content (AvgIpc) is 2.92. The van der Waals surface area contributed by atoms with E-state index in [0.29, 0.717) is 21.4 Å². The number of nitrogens with one attached hydrogen (secondary N) is 1. The minimum atomic E-state index is -0.998. The molecule has 0 spiro atoms. The van der Waals surface area contributed by atoms with Gasteiger partial charge < -0.3 is 5.32 Å². The number of carbonyl (C=O) groups excluding carboxylic acids is 2. The molecule has 2 aromatic rings. The van der Waals surface area contributed by atoms with E-state index >= 15 is 0 Å². The van der Waals surface area contributed by atoms with Gasteiger partial charge in [0.05, 0.1) is 16.4 Å². The van der Waals surface area contributed by atoms with Crippen LogP contribution < -0.4 is 10.3 Å². The van der Waals surface area contributed by atoms with Gasteiger partial charge in [-0.05, 0) is 30.3 Å². The van der Waals surface area contributed by atoms with Crippen molar-refractivity contribution >= 4 is 52.6 Å². The van der Waals surface area contributed by atoms with Crippen LogP contribution in [0.5, 0.6) is 0 Å². The summed E-state index contributed by atoms with van der Waals surface area (Å²) < 4.78 is 0. The van der Waals surface area contributed by atoms with Crippen LogP contribution in [0.2, 0.25) is 10.0 Å². The number of hydrazone groups is 1. The van der Waals surface area contributed by atoms with Crippen molar-refractivity contribution in [2.75, 3.05) is 10.3 Å². The monoisotopic (exact) mass is 347 g/mol. The second-order valence-corrected chi connectivity index (χ2v) is 5.68. The molecule has 0 bridgehead atoms. The van der Waals surface area contributed by atoms with Gasteiger partial charge in [-0.1, -0.05) is 41.4 Å². The number of anilines is 2. The van der Waals surface area contributed by atoms with Gasteiger partial charge in [-0.15, -0.1) is 0 Å². The molecule has 116 valence electrons. The lowest BCUT2D eigenvalue weighted by molar-refractivity contribution is -0.127. The molecular weight excluding hydrogens is 337 g/mol. The highest BCUT2D eigenvalue weighted by molar-refractivity contribution is 6.37. The van der Waals surface area contributed by atoms with Crippen LogP contribution in [0.4, 0.5) is 11.4 Å². The van der Waals surface area contributed by atoms with E-state index in [9.17, 15) is 9.59 Å². The molecule has 1 N–H and O–H groups in total. The van der Waals surface area contributed by atoms with E-state index < -0.39 is 17.7 Å². The van der Waals surface area contributed by atoms with Crippen LogP contribution in [0.3, 0.4) is 0 Å². The molecule has 1 aliphatic heterocycles. The highest BCUT2D eigenvalue weighted by Gasteiger charge is 2.35. The summed E-state index contributed by atoms with van der Waals surface area (Å²) in [5, 5.41) is 8.59. The molecular formula is C16H11Cl2N3O2. The Morgan fingerprint density at radius 3 is 2.57 bits per heavy atom. The highest BCUT2D eigenvalue weighted by atomic mass is 35.5. The van der Waals surface area contributed by atoms with Crippen molar-refractivity contribution in [3.63, 3.8) is 0 Å². The van der Waals surface area contributed by atoms with E-state index in [0.717, 1.165) is 0 Å². The molecule has 2 amide bonds. The van der Waals surface area contributed by atoms with Crippen molar-refractivity contribution in [1.82, 2.24) is 0 Å². The van der Waals surface area contributed by atoms with E-state index in [1.807, 2.05) is 6.07 Å². The second-order valence-electron chi connectivity index (χ2n) is 4.84. The summed E-state index contributed by atoms with van der Waals surface area (Å²) in [5.41, 5.74) is 0.994. The molecule has 0 saturated heterocycles. The van der Waals surface area contributed by atoms with E-state index in [-0.39, 0.29) is 0 Å². The Morgan fingerprint density at radius 1 is 1.13 bits per heavy atom. The number of benzene rings is 2. The second kappa shape index (κ2) is 6.40. The number of hydrogen-bond acceptors (Lipinski definition) is 3. The van der Waals surface area contributed by atoms with Crippen LogP contribution in [0, 0.1) is 5.92 Å². The number of amides is 2. The van der Waals surface area contributed by atoms with E-state index in [1.54, 1.807) is 36.4 Å². The molecule has 2 aromatic carbocycles. The first-order chi connectivity index (χ1) is 11.1. The van der Waals surface area contributed by atoms with Gasteiger partial charge in [0, 0.05) is 11.2 Å². The molecule has 1 aliphatic rings. The van der Waals surface area contributed by atoms with Gasteiger partial charge in [-0.3, -0.25) is 9.59 Å². The molecule has 5 nitrogen and oxygen atoms in total. The third-order valence-corrected chi connectivity index (χ3v) is 3.83. The normalized spacial score (nSPS) is 16.7. The Balaban J connectivity index is 1.74. The molecule has 0 aromatic heterocycles. The fraction of sp³-hybridized carbons (Fsp3) is 0.0625. The molecule has 1 heterocycles. The summed E-state index contributed by atoms with van der Waals surface area (Å²) >= 11 is 11.8. The van der Waals surface area contributed by atoms with Crippen LogP contribution in [0.15, 0.2) is 53.6 Å². The van der Waals surface area contributed by atoms with Gasteiger partial charge >= 0.3 is 0 Å². The predicted molar refractivity (Wildman–Crippen MR) is 91.0 cm³/mol. The maximum atomic E-state index is 12.4. The summed E-state index contributed by atoms with van der Waals surface area (Å²) in [6.45, 7) is 0. The first-order valence-electron chi connectivity index (χ1n) is 6.75. The van der Waals surface area contributed by atoms with Gasteiger partial charge in [-0.2, -0.15) is 5.10 Å². The largest absolute Gasteiger partial charge is 0.324 e. The average molecular weight is 348 g/mol. The number of nitrogens with zero attached hydrogens (tertiary/aromatic N) is 2. The summed E-state index contributed by atoms with van der Waals surface area (Å²) in [4.78, 5) is 24.7. The van der Waals surface area contributed by atoms with Crippen LogP contribution in [0.25, 0.3) is 0 Å². The number of hydrogen-bond donors (Lipinski definition) is 1. The summed E-state index contributed by atoms with van der Waals surface area (Å²) in [6.07, 6.45) is 1.31. The number of carbonyl (C=O) groups is 2. The maximum Gasteiger partial charge on any atom is 0.265 e. The molecule has 7 heteroatoms. The summed E-state index contributed by atoms with van der Waals surface area (Å²) in [5.74, 6) is -1.91. The topological polar surface area (TPSA) is 61.8 Å². The fourth-order valence-corrected chi connectivity index (χ4v) is 2.59. The molecule has 0 saturated carbocycles. The lowest BCUT2D eigenvalue weighted by atomic mass is 10.1. The van der Waals surface area contributed by atoms with Crippen molar-refractivity contribution < 1.29 is 9.59 Å². The minimum Gasteiger partial charge on any atom is -0.324 e. The van der Waals surface area contributed by atoms with Crippen molar-refractivity contribution in [1.29, 1.82) is 0 Å². The van der Waals surface area contributed by atoms with Gasteiger partial charge in [0.1, 0.15) is 0 Å². The van der Waals surface area contributed by atoms with Gasteiger partial charge in [0.15, 0.2) is 5.92 Å². The van der Waals surface area contributed by atoms with Crippen molar-refractivity contribution in [3.05, 3.63) is 58.6 Å². The van der Waals surface area contributed by atoms with Crippen LogP contribution in [-0.4, -0.2) is 18.0 Å². The third kappa shape index (κ3) is 3.21. The number of rotatable bonds is 3. The molecule has 0 aliphatic carbocycles. The molecule has 3 rings (SSSR count). The molecule has 0 fully saturated rings. The van der Waals surface area contributed by atoms with Crippen LogP contribution >= 0.6 is 23.2 Å². The van der Waals surface area contributed by atoms with Crippen molar-refractivity contribution in [2.24, 2.45) is 11.0 Å². The van der Waals surface area contributed by atoms with Crippen LogP contribution in [-0.2, 0) is 9.59 Å². The van der Waals surface area contributed by atoms with Gasteiger partial charge in [0.2, 0.25) is 5.91 Å². The number of para-hydroxylation sites is 1. The molecule has 0 radical (unpaired) electrons. The van der Waals surface area contributed by atoms with E-state index in [2.05, 4.69) is 10.4 Å². The van der Waals surface area contributed by atoms with Crippen molar-refractivity contribution in [2.45, 2.75) is 0 Å². The lowest BCUT2D eigenvalue weighted by Crippen LogP contribution is -2.34. The quantitative estimate of drug-likeness (QED) is 0.862. The summed E-state index contributed by atoms with van der Waals surface area (Å²) in [6, 6.07) is 13.6. The van der Waals surface area contributed by atoms with Crippen LogP contribution in [0.1, 0.15) is 0 Å². The highest BCUT2D eigenvalue weighted by Crippen LogP contribution is 2.27.